The van der Waals surface area contributed by atoms with E-state index in [1.54, 1.807) is 11.3 Å². The number of pyridine rings is 1. The van der Waals surface area contributed by atoms with Crippen LogP contribution < -0.4 is 5.32 Å². The number of thiophene rings is 1. The van der Waals surface area contributed by atoms with Crippen molar-refractivity contribution in [3.63, 3.8) is 0 Å². The van der Waals surface area contributed by atoms with Crippen LogP contribution in [-0.4, -0.2) is 10.9 Å². The standard InChI is InChI=1S/C27H22ClN3OS/c1-16-24(26(32)31-27-21(15-29)19-7-3-2-4-10-23(19)33-27)20-8-5-6-9-22(20)30-25(16)17-11-13-18(28)14-12-17/h5-6,8-9,11-14H,2-4,7,10H2,1H3,(H,31,32). The van der Waals surface area contributed by atoms with Crippen molar-refractivity contribution in [3.8, 4) is 17.3 Å². The summed E-state index contributed by atoms with van der Waals surface area (Å²) >= 11 is 7.63. The summed E-state index contributed by atoms with van der Waals surface area (Å²) in [6, 6.07) is 17.5. The lowest BCUT2D eigenvalue weighted by Gasteiger charge is -2.14. The smallest absolute Gasteiger partial charge is 0.257 e. The highest BCUT2D eigenvalue weighted by Crippen LogP contribution is 2.38. The van der Waals surface area contributed by atoms with Crippen LogP contribution in [0.25, 0.3) is 22.2 Å². The van der Waals surface area contributed by atoms with Gasteiger partial charge in [0.2, 0.25) is 0 Å². The number of nitrogens with zero attached hydrogens (tertiary/aromatic N) is 2. The van der Waals surface area contributed by atoms with Crippen molar-refractivity contribution in [2.45, 2.75) is 39.0 Å². The van der Waals surface area contributed by atoms with Gasteiger partial charge in [0.05, 0.1) is 22.3 Å². The molecule has 0 saturated carbocycles. The van der Waals surface area contributed by atoms with Gasteiger partial charge in [0.15, 0.2) is 0 Å². The maximum atomic E-state index is 13.7. The van der Waals surface area contributed by atoms with Gasteiger partial charge in [0.25, 0.3) is 5.91 Å². The third kappa shape index (κ3) is 4.01. The zero-order valence-corrected chi connectivity index (χ0v) is 19.8. The van der Waals surface area contributed by atoms with E-state index in [1.165, 1.54) is 11.3 Å². The van der Waals surface area contributed by atoms with Crippen LogP contribution in [0.1, 0.15) is 51.2 Å². The molecule has 0 unspecified atom stereocenters. The quantitative estimate of drug-likeness (QED) is 0.318. The summed E-state index contributed by atoms with van der Waals surface area (Å²) in [6.07, 6.45) is 5.28. The Morgan fingerprint density at radius 3 is 2.64 bits per heavy atom. The summed E-state index contributed by atoms with van der Waals surface area (Å²) in [5.41, 5.74) is 5.52. The van der Waals surface area contributed by atoms with E-state index in [2.05, 4.69) is 11.4 Å². The van der Waals surface area contributed by atoms with E-state index in [0.717, 1.165) is 59.0 Å². The molecule has 1 aliphatic rings. The van der Waals surface area contributed by atoms with Crippen LogP contribution >= 0.6 is 22.9 Å². The maximum absolute atomic E-state index is 13.7. The Morgan fingerprint density at radius 2 is 1.85 bits per heavy atom. The molecule has 0 bridgehead atoms. The lowest BCUT2D eigenvalue weighted by atomic mass is 9.97. The van der Waals surface area contributed by atoms with E-state index >= 15 is 0 Å². The molecule has 1 aliphatic carbocycles. The van der Waals surface area contributed by atoms with Gasteiger partial charge in [0.1, 0.15) is 11.1 Å². The summed E-state index contributed by atoms with van der Waals surface area (Å²) in [7, 11) is 0. The topological polar surface area (TPSA) is 65.8 Å². The normalized spacial score (nSPS) is 13.2. The Bertz CT molecular complexity index is 1420. The van der Waals surface area contributed by atoms with Crippen LogP contribution in [0.3, 0.4) is 0 Å². The molecule has 5 rings (SSSR count). The van der Waals surface area contributed by atoms with Crippen LogP contribution in [0.4, 0.5) is 5.00 Å². The van der Waals surface area contributed by atoms with Gasteiger partial charge in [0, 0.05) is 20.8 Å². The fourth-order valence-corrected chi connectivity index (χ4v) is 5.96. The molecule has 4 aromatic rings. The van der Waals surface area contributed by atoms with E-state index in [0.29, 0.717) is 21.2 Å². The third-order valence-electron chi connectivity index (χ3n) is 6.24. The number of para-hydroxylation sites is 1. The molecule has 164 valence electrons. The summed E-state index contributed by atoms with van der Waals surface area (Å²) < 4.78 is 0. The summed E-state index contributed by atoms with van der Waals surface area (Å²) in [4.78, 5) is 19.8. The molecule has 1 N–H and O–H groups in total. The summed E-state index contributed by atoms with van der Waals surface area (Å²) in [5.74, 6) is -0.214. The van der Waals surface area contributed by atoms with Crippen molar-refractivity contribution >= 4 is 44.7 Å². The Kier molecular flexibility index (Phi) is 5.88. The highest BCUT2D eigenvalue weighted by atomic mass is 35.5. The van der Waals surface area contributed by atoms with E-state index in [9.17, 15) is 10.1 Å². The molecule has 0 atom stereocenters. The highest BCUT2D eigenvalue weighted by molar-refractivity contribution is 7.16. The number of carbonyl (C=O) groups excluding carboxylic acids is 1. The monoisotopic (exact) mass is 471 g/mol. The number of hydrogen-bond acceptors (Lipinski definition) is 4. The average molecular weight is 472 g/mol. The van der Waals surface area contributed by atoms with Gasteiger partial charge in [-0.15, -0.1) is 11.3 Å². The Balaban J connectivity index is 1.61. The molecule has 2 aromatic carbocycles. The van der Waals surface area contributed by atoms with E-state index in [1.807, 2.05) is 55.5 Å². The van der Waals surface area contributed by atoms with Crippen molar-refractivity contribution in [1.29, 1.82) is 5.26 Å². The van der Waals surface area contributed by atoms with Gasteiger partial charge in [-0.2, -0.15) is 5.26 Å². The molecule has 0 spiro atoms. The number of rotatable bonds is 3. The fraction of sp³-hybridized carbons (Fsp3) is 0.222. The SMILES string of the molecule is Cc1c(-c2ccc(Cl)cc2)nc2ccccc2c1C(=O)Nc1sc2c(c1C#N)CCCCC2. The molecule has 33 heavy (non-hydrogen) atoms. The van der Waals surface area contributed by atoms with Crippen molar-refractivity contribution in [2.75, 3.05) is 5.32 Å². The number of aromatic nitrogens is 1. The Hall–Kier alpha value is -3.20. The molecule has 0 saturated heterocycles. The first kappa shape index (κ1) is 21.6. The Morgan fingerprint density at radius 1 is 1.09 bits per heavy atom. The number of halogens is 1. The number of aryl methyl sites for hydroxylation is 1. The van der Waals surface area contributed by atoms with E-state index in [-0.39, 0.29) is 5.91 Å². The predicted molar refractivity (Wildman–Crippen MR) is 135 cm³/mol. The molecule has 2 aromatic heterocycles. The minimum absolute atomic E-state index is 0.214. The summed E-state index contributed by atoms with van der Waals surface area (Å²) in [5, 5.41) is 15.0. The van der Waals surface area contributed by atoms with Gasteiger partial charge in [-0.3, -0.25) is 4.79 Å². The molecule has 1 amide bonds. The lowest BCUT2D eigenvalue weighted by molar-refractivity contribution is 0.102. The number of carbonyl (C=O) groups is 1. The van der Waals surface area contributed by atoms with Crippen molar-refractivity contribution in [2.24, 2.45) is 0 Å². The third-order valence-corrected chi connectivity index (χ3v) is 7.70. The second-order valence-electron chi connectivity index (χ2n) is 8.32. The zero-order chi connectivity index (χ0) is 22.9. The fourth-order valence-electron chi connectivity index (χ4n) is 4.60. The molecule has 4 nitrogen and oxygen atoms in total. The molecular formula is C27H22ClN3OS. The molecule has 0 aliphatic heterocycles. The van der Waals surface area contributed by atoms with Crippen LogP contribution in [0, 0.1) is 18.3 Å². The van der Waals surface area contributed by atoms with Gasteiger partial charge in [-0.05, 0) is 61.9 Å². The number of fused-ring (bicyclic) bond motifs is 2. The van der Waals surface area contributed by atoms with Gasteiger partial charge >= 0.3 is 0 Å². The zero-order valence-electron chi connectivity index (χ0n) is 18.2. The maximum Gasteiger partial charge on any atom is 0.257 e. The number of nitrogens with one attached hydrogen (secondary N) is 1. The first-order chi connectivity index (χ1) is 16.1. The summed E-state index contributed by atoms with van der Waals surface area (Å²) in [6.45, 7) is 1.92. The van der Waals surface area contributed by atoms with Gasteiger partial charge in [-0.25, -0.2) is 4.98 Å². The van der Waals surface area contributed by atoms with Crippen molar-refractivity contribution in [3.05, 3.63) is 80.7 Å². The molecule has 0 fully saturated rings. The number of nitriles is 1. The minimum Gasteiger partial charge on any atom is -0.312 e. The van der Waals surface area contributed by atoms with Crippen LogP contribution in [-0.2, 0) is 12.8 Å². The predicted octanol–water partition coefficient (Wildman–Crippen LogP) is 7.32. The minimum atomic E-state index is -0.214. The lowest BCUT2D eigenvalue weighted by Crippen LogP contribution is -2.15. The number of anilines is 1. The van der Waals surface area contributed by atoms with Crippen LogP contribution in [0.15, 0.2) is 48.5 Å². The second kappa shape index (κ2) is 8.97. The van der Waals surface area contributed by atoms with Crippen LogP contribution in [0.2, 0.25) is 5.02 Å². The first-order valence-electron chi connectivity index (χ1n) is 11.1. The first-order valence-corrected chi connectivity index (χ1v) is 12.3. The molecule has 2 heterocycles. The number of hydrogen-bond donors (Lipinski definition) is 1. The van der Waals surface area contributed by atoms with Crippen molar-refractivity contribution < 1.29 is 4.79 Å². The van der Waals surface area contributed by atoms with E-state index < -0.39 is 0 Å². The average Bonchev–Trinajstić information content (AvgIpc) is 2.97. The molecular weight excluding hydrogens is 450 g/mol. The highest BCUT2D eigenvalue weighted by Gasteiger charge is 2.24. The van der Waals surface area contributed by atoms with Gasteiger partial charge < -0.3 is 5.32 Å². The largest absolute Gasteiger partial charge is 0.312 e. The number of amides is 1. The van der Waals surface area contributed by atoms with E-state index in [4.69, 9.17) is 16.6 Å². The second-order valence-corrected chi connectivity index (χ2v) is 9.86. The molecule has 6 heteroatoms. The Labute approximate surface area is 201 Å². The number of benzene rings is 2. The molecule has 0 radical (unpaired) electrons. The van der Waals surface area contributed by atoms with Gasteiger partial charge in [-0.1, -0.05) is 48.4 Å². The van der Waals surface area contributed by atoms with Crippen LogP contribution in [0.5, 0.6) is 0 Å². The van der Waals surface area contributed by atoms with Crippen molar-refractivity contribution in [1.82, 2.24) is 4.98 Å².